The maximum atomic E-state index is 12.4. The smallest absolute Gasteiger partial charge is 0.318 e. The summed E-state index contributed by atoms with van der Waals surface area (Å²) in [5.74, 6) is 0. The van der Waals surface area contributed by atoms with Crippen molar-refractivity contribution in [3.63, 3.8) is 0 Å². The average molecular weight is 380 g/mol. The van der Waals surface area contributed by atoms with Crippen LogP contribution in [0.2, 0.25) is 0 Å². The molecule has 2 atom stereocenters. The van der Waals surface area contributed by atoms with E-state index in [2.05, 4.69) is 48.6 Å². The predicted octanol–water partition coefficient (Wildman–Crippen LogP) is 2.39. The van der Waals surface area contributed by atoms with Crippen LogP contribution in [0.5, 0.6) is 0 Å². The van der Waals surface area contributed by atoms with Gasteiger partial charge in [0.25, 0.3) is 0 Å². The summed E-state index contributed by atoms with van der Waals surface area (Å²) in [5, 5.41) is 2.74. The summed E-state index contributed by atoms with van der Waals surface area (Å²) < 4.78 is 20.5. The Morgan fingerprint density at radius 2 is 1.85 bits per heavy atom. The van der Waals surface area contributed by atoms with Crippen molar-refractivity contribution < 1.29 is 13.6 Å². The molecule has 0 radical (unpaired) electrons. The molecule has 144 valence electrons. The van der Waals surface area contributed by atoms with Crippen LogP contribution in [0.15, 0.2) is 30.3 Å². The van der Waals surface area contributed by atoms with Gasteiger partial charge in [0.2, 0.25) is 0 Å². The number of nitrogens with one attached hydrogen (secondary N) is 1. The standard InChI is InChI=1S/C19H29N3O3S/c1-15(26(24)25)13-22-14-18(20-17(22)23)9-11-19(12-10-18,21(2)3)16-7-5-4-6-8-16/h4-8,15H,9-14H2,1-3H3,(H,20,23)(H,24,25). The summed E-state index contributed by atoms with van der Waals surface area (Å²) in [4.78, 5) is 16.4. The third-order valence-corrected chi connectivity index (χ3v) is 7.01. The number of urea groups is 1. The number of carbonyl (C=O) groups is 1. The van der Waals surface area contributed by atoms with Crippen LogP contribution in [-0.4, -0.2) is 62.6 Å². The molecule has 3 rings (SSSR count). The minimum Gasteiger partial charge on any atom is -0.331 e. The van der Waals surface area contributed by atoms with Gasteiger partial charge in [0, 0.05) is 18.6 Å². The second-order valence-electron chi connectivity index (χ2n) is 7.97. The summed E-state index contributed by atoms with van der Waals surface area (Å²) >= 11 is -1.91. The number of carbonyl (C=O) groups excluding carboxylic acids is 1. The molecule has 0 aromatic heterocycles. The Morgan fingerprint density at radius 3 is 2.38 bits per heavy atom. The fraction of sp³-hybridized carbons (Fsp3) is 0.632. The minimum atomic E-state index is -1.91. The van der Waals surface area contributed by atoms with Crippen LogP contribution in [0.1, 0.15) is 38.2 Å². The molecular weight excluding hydrogens is 350 g/mol. The lowest BCUT2D eigenvalue weighted by Gasteiger charge is -2.48. The molecule has 1 aliphatic heterocycles. The third kappa shape index (κ3) is 3.52. The zero-order valence-corrected chi connectivity index (χ0v) is 16.6. The summed E-state index contributed by atoms with van der Waals surface area (Å²) in [6, 6.07) is 10.5. The molecule has 1 spiro atoms. The summed E-state index contributed by atoms with van der Waals surface area (Å²) in [6.45, 7) is 2.63. The van der Waals surface area contributed by atoms with Gasteiger partial charge in [-0.1, -0.05) is 30.3 Å². The monoisotopic (exact) mass is 379 g/mol. The normalized spacial score (nSPS) is 31.3. The molecule has 1 heterocycles. The highest BCUT2D eigenvalue weighted by Crippen LogP contribution is 2.45. The lowest BCUT2D eigenvalue weighted by atomic mass is 9.69. The lowest BCUT2D eigenvalue weighted by molar-refractivity contribution is 0.0620. The van der Waals surface area contributed by atoms with Crippen LogP contribution in [0.3, 0.4) is 0 Å². The topological polar surface area (TPSA) is 72.9 Å². The zero-order chi connectivity index (χ0) is 18.9. The quantitative estimate of drug-likeness (QED) is 0.771. The van der Waals surface area contributed by atoms with E-state index in [1.165, 1.54) is 5.56 Å². The van der Waals surface area contributed by atoms with E-state index < -0.39 is 16.3 Å². The van der Waals surface area contributed by atoms with Crippen molar-refractivity contribution in [1.82, 2.24) is 15.1 Å². The molecule has 2 unspecified atom stereocenters. The Balaban J connectivity index is 1.73. The van der Waals surface area contributed by atoms with Gasteiger partial charge in [-0.15, -0.1) is 0 Å². The van der Waals surface area contributed by atoms with E-state index in [9.17, 15) is 13.6 Å². The molecule has 1 aromatic carbocycles. The maximum absolute atomic E-state index is 12.4. The van der Waals surface area contributed by atoms with E-state index >= 15 is 0 Å². The van der Waals surface area contributed by atoms with Gasteiger partial charge in [0.1, 0.15) is 0 Å². The van der Waals surface area contributed by atoms with E-state index in [-0.39, 0.29) is 17.1 Å². The Labute approximate surface area is 158 Å². The predicted molar refractivity (Wildman–Crippen MR) is 103 cm³/mol. The molecule has 1 aliphatic carbocycles. The molecule has 1 saturated heterocycles. The second-order valence-corrected chi connectivity index (χ2v) is 9.33. The van der Waals surface area contributed by atoms with Gasteiger partial charge in [-0.2, -0.15) is 0 Å². The zero-order valence-electron chi connectivity index (χ0n) is 15.8. The van der Waals surface area contributed by atoms with E-state index in [0.717, 1.165) is 25.7 Å². The fourth-order valence-electron chi connectivity index (χ4n) is 4.47. The van der Waals surface area contributed by atoms with Crippen molar-refractivity contribution in [1.29, 1.82) is 0 Å². The number of nitrogens with zero attached hydrogens (tertiary/aromatic N) is 2. The number of hydrogen-bond donors (Lipinski definition) is 2. The van der Waals surface area contributed by atoms with Crippen LogP contribution in [0.25, 0.3) is 0 Å². The Bertz CT molecular complexity index is 672. The first-order chi connectivity index (χ1) is 12.3. The van der Waals surface area contributed by atoms with E-state index in [4.69, 9.17) is 0 Å². The molecule has 2 N–H and O–H groups in total. The third-order valence-electron chi connectivity index (χ3n) is 6.18. The van der Waals surface area contributed by atoms with Crippen molar-refractivity contribution in [2.24, 2.45) is 0 Å². The van der Waals surface area contributed by atoms with Gasteiger partial charge in [0.15, 0.2) is 11.1 Å². The largest absolute Gasteiger partial charge is 0.331 e. The average Bonchev–Trinajstić information content (AvgIpc) is 2.91. The summed E-state index contributed by atoms with van der Waals surface area (Å²) in [6.07, 6.45) is 3.75. The van der Waals surface area contributed by atoms with Crippen molar-refractivity contribution in [3.8, 4) is 0 Å². The molecule has 2 amide bonds. The van der Waals surface area contributed by atoms with Crippen LogP contribution in [0.4, 0.5) is 4.79 Å². The molecule has 6 nitrogen and oxygen atoms in total. The fourth-order valence-corrected chi connectivity index (χ4v) is 4.78. The highest BCUT2D eigenvalue weighted by molar-refractivity contribution is 7.79. The Hall–Kier alpha value is -1.44. The van der Waals surface area contributed by atoms with Gasteiger partial charge in [-0.3, -0.25) is 4.90 Å². The van der Waals surface area contributed by atoms with Gasteiger partial charge < -0.3 is 14.8 Å². The lowest BCUT2D eigenvalue weighted by Crippen LogP contribution is -2.54. The van der Waals surface area contributed by atoms with Crippen molar-refractivity contribution in [3.05, 3.63) is 35.9 Å². The molecule has 0 bridgehead atoms. The van der Waals surface area contributed by atoms with Gasteiger partial charge >= 0.3 is 6.03 Å². The molecule has 2 fully saturated rings. The number of amides is 2. The SMILES string of the molecule is CC(CN1CC2(CCC(c3ccccc3)(N(C)C)CC2)NC1=O)S(=O)O. The molecule has 2 aliphatic rings. The maximum Gasteiger partial charge on any atom is 0.318 e. The molecule has 7 heteroatoms. The van der Waals surface area contributed by atoms with Crippen molar-refractivity contribution in [2.75, 3.05) is 27.2 Å². The molecule has 1 aromatic rings. The molecule has 26 heavy (non-hydrogen) atoms. The first-order valence-corrected chi connectivity index (χ1v) is 10.3. The Kier molecular flexibility index (Phi) is 5.42. The van der Waals surface area contributed by atoms with Crippen LogP contribution in [0, 0.1) is 0 Å². The first kappa shape index (κ1) is 19.3. The van der Waals surface area contributed by atoms with Gasteiger partial charge in [-0.05, 0) is 52.3 Å². The summed E-state index contributed by atoms with van der Waals surface area (Å²) in [7, 11) is 4.26. The summed E-state index contributed by atoms with van der Waals surface area (Å²) in [5.41, 5.74) is 1.09. The minimum absolute atomic E-state index is 0.00938. The number of rotatable bonds is 5. The van der Waals surface area contributed by atoms with Crippen LogP contribution < -0.4 is 5.32 Å². The number of hydrogen-bond acceptors (Lipinski definition) is 3. The van der Waals surface area contributed by atoms with Gasteiger partial charge in [-0.25, -0.2) is 9.00 Å². The van der Waals surface area contributed by atoms with E-state index in [1.54, 1.807) is 11.8 Å². The van der Waals surface area contributed by atoms with Gasteiger partial charge in [0.05, 0.1) is 10.8 Å². The van der Waals surface area contributed by atoms with Crippen LogP contribution >= 0.6 is 0 Å². The highest BCUT2D eigenvalue weighted by Gasteiger charge is 2.50. The molecular formula is C19H29N3O3S. The number of benzene rings is 1. The van der Waals surface area contributed by atoms with E-state index in [1.807, 2.05) is 6.07 Å². The Morgan fingerprint density at radius 1 is 1.23 bits per heavy atom. The first-order valence-electron chi connectivity index (χ1n) is 9.18. The second kappa shape index (κ2) is 7.29. The van der Waals surface area contributed by atoms with Crippen LogP contribution in [-0.2, 0) is 16.6 Å². The van der Waals surface area contributed by atoms with Crippen molar-refractivity contribution in [2.45, 2.75) is 48.9 Å². The van der Waals surface area contributed by atoms with Crippen molar-refractivity contribution >= 4 is 17.1 Å². The highest BCUT2D eigenvalue weighted by atomic mass is 32.2. The van der Waals surface area contributed by atoms with E-state index in [0.29, 0.717) is 13.1 Å². The molecule has 1 saturated carbocycles.